The zero-order valence-corrected chi connectivity index (χ0v) is 14.8. The highest BCUT2D eigenvalue weighted by atomic mass is 16.5. The maximum absolute atomic E-state index is 5.09. The summed E-state index contributed by atoms with van der Waals surface area (Å²) in [5.41, 5.74) is 4.37. The van der Waals surface area contributed by atoms with Gasteiger partial charge >= 0.3 is 0 Å². The molecule has 1 N–H and O–H groups in total. The largest absolute Gasteiger partial charge is 0.383 e. The van der Waals surface area contributed by atoms with Crippen LogP contribution < -0.4 is 5.32 Å². The minimum Gasteiger partial charge on any atom is -0.383 e. The number of ether oxygens (including phenoxy) is 1. The van der Waals surface area contributed by atoms with E-state index in [9.17, 15) is 0 Å². The van der Waals surface area contributed by atoms with Crippen molar-refractivity contribution in [2.75, 3.05) is 20.3 Å². The fourth-order valence-corrected chi connectivity index (χ4v) is 2.49. The number of rotatable bonds is 9. The first-order valence-electron chi connectivity index (χ1n) is 8.20. The van der Waals surface area contributed by atoms with Crippen LogP contribution in [-0.2, 0) is 30.7 Å². The van der Waals surface area contributed by atoms with E-state index < -0.39 is 0 Å². The molecule has 0 spiro atoms. The molecule has 1 heterocycles. The van der Waals surface area contributed by atoms with E-state index >= 15 is 0 Å². The maximum Gasteiger partial charge on any atom is 0.0669 e. The second kappa shape index (κ2) is 8.54. The Morgan fingerprint density at radius 2 is 1.90 bits per heavy atom. The van der Waals surface area contributed by atoms with Crippen molar-refractivity contribution >= 4 is 0 Å². The molecule has 0 saturated heterocycles. The first-order chi connectivity index (χ1) is 9.92. The second-order valence-corrected chi connectivity index (χ2v) is 6.78. The van der Waals surface area contributed by atoms with Crippen molar-refractivity contribution in [3.8, 4) is 0 Å². The Morgan fingerprint density at radius 1 is 1.19 bits per heavy atom. The Balaban J connectivity index is 2.82. The molecule has 0 aromatic carbocycles. The maximum atomic E-state index is 5.09. The van der Waals surface area contributed by atoms with Crippen LogP contribution in [0.15, 0.2) is 0 Å². The SMILES string of the molecule is CCc1nn(CCC(C)(C)C)c(CC)c1CNCCOC. The molecule has 0 saturated carbocycles. The van der Waals surface area contributed by atoms with Gasteiger partial charge in [0.1, 0.15) is 0 Å². The Labute approximate surface area is 130 Å². The Kier molecular flexibility index (Phi) is 7.40. The molecule has 0 amide bonds. The van der Waals surface area contributed by atoms with E-state index in [1.54, 1.807) is 7.11 Å². The van der Waals surface area contributed by atoms with E-state index in [4.69, 9.17) is 9.84 Å². The van der Waals surface area contributed by atoms with E-state index in [1.165, 1.54) is 17.0 Å². The molecule has 0 aliphatic carbocycles. The van der Waals surface area contributed by atoms with E-state index in [0.29, 0.717) is 5.41 Å². The molecule has 1 aromatic heterocycles. The second-order valence-electron chi connectivity index (χ2n) is 6.78. The van der Waals surface area contributed by atoms with Crippen LogP contribution in [0.2, 0.25) is 0 Å². The van der Waals surface area contributed by atoms with Crippen molar-refractivity contribution < 1.29 is 4.74 Å². The first-order valence-corrected chi connectivity index (χ1v) is 8.20. The number of nitrogens with zero attached hydrogens (tertiary/aromatic N) is 2. The summed E-state index contributed by atoms with van der Waals surface area (Å²) < 4.78 is 7.32. The molecule has 0 fully saturated rings. The van der Waals surface area contributed by atoms with Gasteiger partial charge in [0.2, 0.25) is 0 Å². The normalized spacial score (nSPS) is 12.1. The molecule has 21 heavy (non-hydrogen) atoms. The lowest BCUT2D eigenvalue weighted by Gasteiger charge is -2.18. The van der Waals surface area contributed by atoms with Gasteiger partial charge in [0, 0.05) is 38.0 Å². The summed E-state index contributed by atoms with van der Waals surface area (Å²) in [5, 5.41) is 8.31. The minimum atomic E-state index is 0.347. The predicted octanol–water partition coefficient (Wildman–Crippen LogP) is 3.18. The topological polar surface area (TPSA) is 39.1 Å². The highest BCUT2D eigenvalue weighted by Crippen LogP contribution is 2.22. The molecule has 0 aliphatic rings. The molecule has 4 heteroatoms. The van der Waals surface area contributed by atoms with Crippen molar-refractivity contribution in [3.63, 3.8) is 0 Å². The lowest BCUT2D eigenvalue weighted by molar-refractivity contribution is 0.199. The van der Waals surface area contributed by atoms with Gasteiger partial charge in [-0.2, -0.15) is 5.10 Å². The van der Waals surface area contributed by atoms with Gasteiger partial charge in [0.15, 0.2) is 0 Å². The van der Waals surface area contributed by atoms with Gasteiger partial charge in [-0.25, -0.2) is 0 Å². The van der Waals surface area contributed by atoms with Crippen molar-refractivity contribution in [2.24, 2.45) is 5.41 Å². The van der Waals surface area contributed by atoms with Crippen molar-refractivity contribution in [3.05, 3.63) is 17.0 Å². The monoisotopic (exact) mass is 295 g/mol. The van der Waals surface area contributed by atoms with Crippen LogP contribution in [0.4, 0.5) is 0 Å². The Morgan fingerprint density at radius 3 is 2.43 bits per heavy atom. The molecule has 0 unspecified atom stereocenters. The molecule has 0 radical (unpaired) electrons. The van der Waals surface area contributed by atoms with Gasteiger partial charge in [-0.05, 0) is 24.7 Å². The lowest BCUT2D eigenvalue weighted by Crippen LogP contribution is -2.20. The van der Waals surface area contributed by atoms with E-state index in [2.05, 4.69) is 44.6 Å². The van der Waals surface area contributed by atoms with E-state index in [-0.39, 0.29) is 0 Å². The van der Waals surface area contributed by atoms with Gasteiger partial charge in [-0.1, -0.05) is 34.6 Å². The smallest absolute Gasteiger partial charge is 0.0669 e. The molecule has 0 bridgehead atoms. The summed E-state index contributed by atoms with van der Waals surface area (Å²) in [6.07, 6.45) is 3.19. The van der Waals surface area contributed by atoms with Crippen LogP contribution >= 0.6 is 0 Å². The van der Waals surface area contributed by atoms with Crippen molar-refractivity contribution in [1.82, 2.24) is 15.1 Å². The summed E-state index contributed by atoms with van der Waals surface area (Å²) in [4.78, 5) is 0. The van der Waals surface area contributed by atoms with Crippen LogP contribution in [0, 0.1) is 5.41 Å². The van der Waals surface area contributed by atoms with Gasteiger partial charge < -0.3 is 10.1 Å². The van der Waals surface area contributed by atoms with Crippen LogP contribution in [0.25, 0.3) is 0 Å². The molecule has 0 atom stereocenters. The van der Waals surface area contributed by atoms with Gasteiger partial charge in [0.05, 0.1) is 12.3 Å². The lowest BCUT2D eigenvalue weighted by atomic mass is 9.92. The zero-order chi connectivity index (χ0) is 15.9. The number of aromatic nitrogens is 2. The molecule has 122 valence electrons. The number of hydrogen-bond donors (Lipinski definition) is 1. The first kappa shape index (κ1) is 18.2. The van der Waals surface area contributed by atoms with Crippen LogP contribution in [0.5, 0.6) is 0 Å². The summed E-state index contributed by atoms with van der Waals surface area (Å²) in [6.45, 7) is 14.8. The summed E-state index contributed by atoms with van der Waals surface area (Å²) in [5.74, 6) is 0. The molecule has 1 aromatic rings. The van der Waals surface area contributed by atoms with Crippen LogP contribution in [0.3, 0.4) is 0 Å². The number of hydrogen-bond acceptors (Lipinski definition) is 3. The summed E-state index contributed by atoms with van der Waals surface area (Å²) >= 11 is 0. The van der Waals surface area contributed by atoms with Crippen LogP contribution in [0.1, 0.15) is 58.0 Å². The predicted molar refractivity (Wildman–Crippen MR) is 88.6 cm³/mol. The number of nitrogens with one attached hydrogen (secondary N) is 1. The standard InChI is InChI=1S/C17H33N3O/c1-7-15-14(13-18-10-12-21-6)16(8-2)20(19-15)11-9-17(3,4)5/h18H,7-13H2,1-6H3. The molecule has 1 rings (SSSR count). The van der Waals surface area contributed by atoms with Crippen molar-refractivity contribution in [1.29, 1.82) is 0 Å². The van der Waals surface area contributed by atoms with Gasteiger partial charge in [0.25, 0.3) is 0 Å². The molecular formula is C17H33N3O. The highest BCUT2D eigenvalue weighted by molar-refractivity contribution is 5.26. The quantitative estimate of drug-likeness (QED) is 0.711. The Hall–Kier alpha value is -0.870. The summed E-state index contributed by atoms with van der Waals surface area (Å²) in [6, 6.07) is 0. The molecule has 0 aliphatic heterocycles. The fourth-order valence-electron chi connectivity index (χ4n) is 2.49. The van der Waals surface area contributed by atoms with Gasteiger partial charge in [-0.3, -0.25) is 4.68 Å². The molecular weight excluding hydrogens is 262 g/mol. The fraction of sp³-hybridized carbons (Fsp3) is 0.824. The minimum absolute atomic E-state index is 0.347. The third kappa shape index (κ3) is 5.79. The third-order valence-corrected chi connectivity index (χ3v) is 3.78. The third-order valence-electron chi connectivity index (χ3n) is 3.78. The molecule has 4 nitrogen and oxygen atoms in total. The van der Waals surface area contributed by atoms with Crippen molar-refractivity contribution in [2.45, 2.75) is 67.0 Å². The number of aryl methyl sites for hydroxylation is 2. The zero-order valence-electron chi connectivity index (χ0n) is 14.8. The average molecular weight is 295 g/mol. The van der Waals surface area contributed by atoms with E-state index in [1.807, 2.05) is 0 Å². The Bertz CT molecular complexity index is 418. The van der Waals surface area contributed by atoms with E-state index in [0.717, 1.165) is 45.5 Å². The average Bonchev–Trinajstić information content (AvgIpc) is 2.77. The van der Waals surface area contributed by atoms with Gasteiger partial charge in [-0.15, -0.1) is 0 Å². The summed E-state index contributed by atoms with van der Waals surface area (Å²) in [7, 11) is 1.74. The highest BCUT2D eigenvalue weighted by Gasteiger charge is 2.17. The number of methoxy groups -OCH3 is 1. The van der Waals surface area contributed by atoms with Crippen LogP contribution in [-0.4, -0.2) is 30.0 Å².